The van der Waals surface area contributed by atoms with Gasteiger partial charge in [0.15, 0.2) is 0 Å². The second kappa shape index (κ2) is 10.8. The van der Waals surface area contributed by atoms with Gasteiger partial charge in [0, 0.05) is 6.08 Å². The third-order valence-corrected chi connectivity index (χ3v) is 11.0. The highest BCUT2D eigenvalue weighted by atomic mass is 16.4. The molecule has 4 N–H and O–H groups in total. The molecule has 1 aromatic carbocycles. The molecule has 1 aromatic rings. The lowest BCUT2D eigenvalue weighted by molar-refractivity contribution is -0.149. The van der Waals surface area contributed by atoms with E-state index in [1.54, 1.807) is 12.1 Å². The van der Waals surface area contributed by atoms with Gasteiger partial charge in [-0.25, -0.2) is 4.79 Å². The first-order chi connectivity index (χ1) is 17.5. The van der Waals surface area contributed by atoms with Crippen LogP contribution in [0, 0.1) is 46.3 Å². The number of hydrogen-bond donors (Lipinski definition) is 4. The summed E-state index contributed by atoms with van der Waals surface area (Å²) in [6, 6.07) is 6.27. The van der Waals surface area contributed by atoms with E-state index in [-0.39, 0.29) is 23.2 Å². The average Bonchev–Trinajstić information content (AvgIpc) is 3.21. The molecule has 6 nitrogen and oxygen atoms in total. The van der Waals surface area contributed by atoms with Crippen LogP contribution in [-0.2, 0) is 9.59 Å². The minimum atomic E-state index is -0.983. The minimum Gasteiger partial charge on any atom is -0.508 e. The third kappa shape index (κ3) is 5.45. The number of carboxylic acid groups (broad SMARTS) is 2. The highest BCUT2D eigenvalue weighted by molar-refractivity contribution is 5.85. The van der Waals surface area contributed by atoms with Crippen molar-refractivity contribution in [3.05, 3.63) is 35.9 Å². The van der Waals surface area contributed by atoms with E-state index in [1.165, 1.54) is 56.7 Å². The largest absolute Gasteiger partial charge is 0.508 e. The van der Waals surface area contributed by atoms with Crippen LogP contribution < -0.4 is 0 Å². The molecule has 0 aromatic heterocycles. The zero-order valence-electron chi connectivity index (χ0n) is 22.5. The second-order valence-electron chi connectivity index (χ2n) is 12.7. The molecule has 0 spiro atoms. The molecule has 0 heterocycles. The predicted molar refractivity (Wildman–Crippen MR) is 143 cm³/mol. The Bertz CT molecular complexity index is 1000. The molecule has 9 unspecified atom stereocenters. The number of phenolic OH excluding ortho intramolecular Hbond substituents is 1. The normalized spacial score (nSPS) is 39.5. The molecule has 4 aliphatic rings. The lowest BCUT2D eigenvalue weighted by atomic mass is 9.44. The Balaban J connectivity index is 0.000000225. The molecule has 6 heteroatoms. The molecule has 0 saturated heterocycles. The Hall–Kier alpha value is -2.34. The Morgan fingerprint density at radius 2 is 1.57 bits per heavy atom. The number of carbonyl (C=O) groups is 2. The zero-order chi connectivity index (χ0) is 27.0. The van der Waals surface area contributed by atoms with Crippen LogP contribution in [0.2, 0.25) is 0 Å². The van der Waals surface area contributed by atoms with Crippen molar-refractivity contribution in [3.8, 4) is 5.75 Å². The first kappa shape index (κ1) is 27.7. The van der Waals surface area contributed by atoms with Crippen LogP contribution in [0.15, 0.2) is 30.3 Å². The Morgan fingerprint density at radius 3 is 2.22 bits per heavy atom. The Labute approximate surface area is 220 Å². The van der Waals surface area contributed by atoms with E-state index in [1.807, 2.05) is 6.92 Å². The van der Waals surface area contributed by atoms with Crippen LogP contribution in [0.4, 0.5) is 0 Å². The van der Waals surface area contributed by atoms with Crippen molar-refractivity contribution in [2.75, 3.05) is 0 Å². The Morgan fingerprint density at radius 1 is 0.919 bits per heavy atom. The van der Waals surface area contributed by atoms with Crippen LogP contribution in [-0.4, -0.2) is 38.5 Å². The van der Waals surface area contributed by atoms with E-state index in [0.717, 1.165) is 48.7 Å². The van der Waals surface area contributed by atoms with Gasteiger partial charge in [0.2, 0.25) is 0 Å². The molecule has 0 aliphatic heterocycles. The van der Waals surface area contributed by atoms with Gasteiger partial charge in [0.25, 0.3) is 0 Å². The number of aliphatic hydroxyl groups excluding tert-OH is 1. The molecule has 4 aliphatic carbocycles. The second-order valence-corrected chi connectivity index (χ2v) is 12.7. The van der Waals surface area contributed by atoms with Crippen molar-refractivity contribution in [2.24, 2.45) is 46.3 Å². The quantitative estimate of drug-likeness (QED) is 0.356. The van der Waals surface area contributed by atoms with Crippen molar-refractivity contribution in [3.63, 3.8) is 0 Å². The van der Waals surface area contributed by atoms with Crippen LogP contribution in [0.3, 0.4) is 0 Å². The maximum atomic E-state index is 11.6. The zero-order valence-corrected chi connectivity index (χ0v) is 22.5. The highest BCUT2D eigenvalue weighted by Gasteiger charge is 2.61. The van der Waals surface area contributed by atoms with Gasteiger partial charge in [-0.1, -0.05) is 32.9 Å². The molecule has 37 heavy (non-hydrogen) atoms. The van der Waals surface area contributed by atoms with Crippen LogP contribution in [0.1, 0.15) is 84.1 Å². The highest BCUT2D eigenvalue weighted by Crippen LogP contribution is 2.68. The van der Waals surface area contributed by atoms with Gasteiger partial charge < -0.3 is 20.4 Å². The van der Waals surface area contributed by atoms with Crippen LogP contribution in [0.5, 0.6) is 5.75 Å². The fraction of sp³-hybridized carbons (Fsp3) is 0.677. The Kier molecular flexibility index (Phi) is 8.08. The standard InChI is InChI=1S/C22H36O3.C9H8O3/c1-13(20(24)25)17-6-7-18-16-5-4-14-12-15(23)8-10-21(14,2)19(16)9-11-22(17,18)3;10-8-4-1-7(2-5-8)3-6-9(11)12/h13-19,23H,4-12H2,1-3H3,(H,24,25);1-6,10H,(H,11,12)/b;6-3+. The number of aliphatic hydroxyl groups is 1. The summed E-state index contributed by atoms with van der Waals surface area (Å²) in [4.78, 5) is 21.7. The summed E-state index contributed by atoms with van der Waals surface area (Å²) in [7, 11) is 0. The number of aliphatic carboxylic acids is 2. The molecule has 0 radical (unpaired) electrons. The fourth-order valence-electron chi connectivity index (χ4n) is 9.02. The molecule has 4 fully saturated rings. The van der Waals surface area contributed by atoms with Crippen molar-refractivity contribution < 1.29 is 30.0 Å². The molecular formula is C31H44O6. The smallest absolute Gasteiger partial charge is 0.328 e. The van der Waals surface area contributed by atoms with Crippen molar-refractivity contribution >= 4 is 18.0 Å². The van der Waals surface area contributed by atoms with Gasteiger partial charge in [0.05, 0.1) is 12.0 Å². The van der Waals surface area contributed by atoms with Crippen molar-refractivity contribution in [2.45, 2.75) is 84.7 Å². The van der Waals surface area contributed by atoms with E-state index in [2.05, 4.69) is 13.8 Å². The van der Waals surface area contributed by atoms with E-state index in [9.17, 15) is 19.8 Å². The van der Waals surface area contributed by atoms with E-state index in [0.29, 0.717) is 17.3 Å². The maximum Gasteiger partial charge on any atom is 0.328 e. The fourth-order valence-corrected chi connectivity index (χ4v) is 9.02. The monoisotopic (exact) mass is 512 g/mol. The lowest BCUT2D eigenvalue weighted by Gasteiger charge is -2.61. The third-order valence-electron chi connectivity index (χ3n) is 11.0. The van der Waals surface area contributed by atoms with E-state index >= 15 is 0 Å². The molecule has 0 amide bonds. The maximum absolute atomic E-state index is 11.6. The summed E-state index contributed by atoms with van der Waals surface area (Å²) < 4.78 is 0. The van der Waals surface area contributed by atoms with Gasteiger partial charge in [-0.15, -0.1) is 0 Å². The van der Waals surface area contributed by atoms with Crippen LogP contribution >= 0.6 is 0 Å². The van der Waals surface area contributed by atoms with Gasteiger partial charge in [-0.05, 0) is 122 Å². The first-order valence-corrected chi connectivity index (χ1v) is 14.1. The summed E-state index contributed by atoms with van der Waals surface area (Å²) in [6.07, 6.45) is 13.1. The summed E-state index contributed by atoms with van der Waals surface area (Å²) >= 11 is 0. The first-order valence-electron chi connectivity index (χ1n) is 14.1. The van der Waals surface area contributed by atoms with Crippen molar-refractivity contribution in [1.82, 2.24) is 0 Å². The topological polar surface area (TPSA) is 115 Å². The molecule has 9 atom stereocenters. The summed E-state index contributed by atoms with van der Waals surface area (Å²) in [5, 5.41) is 36.9. The molecule has 204 valence electrons. The minimum absolute atomic E-state index is 0.0734. The van der Waals surface area contributed by atoms with E-state index < -0.39 is 11.9 Å². The van der Waals surface area contributed by atoms with Crippen LogP contribution in [0.25, 0.3) is 6.08 Å². The van der Waals surface area contributed by atoms with Crippen molar-refractivity contribution in [1.29, 1.82) is 0 Å². The SMILES string of the molecule is CC(C(=O)O)C1CCC2C3CCC4CC(O)CCC4(C)C3CCC12C.O=C(O)/C=C/c1ccc(O)cc1. The number of phenols is 1. The number of aromatic hydroxyl groups is 1. The van der Waals surface area contributed by atoms with E-state index in [4.69, 9.17) is 10.2 Å². The molecule has 0 bridgehead atoms. The number of hydrogen-bond acceptors (Lipinski definition) is 4. The van der Waals surface area contributed by atoms with Gasteiger partial charge in [0.1, 0.15) is 5.75 Å². The molecule has 5 rings (SSSR count). The summed E-state index contributed by atoms with van der Waals surface area (Å²) in [6.45, 7) is 6.88. The molecule has 4 saturated carbocycles. The summed E-state index contributed by atoms with van der Waals surface area (Å²) in [5.74, 6) is 1.76. The average molecular weight is 513 g/mol. The number of rotatable bonds is 4. The number of fused-ring (bicyclic) bond motifs is 5. The number of benzene rings is 1. The molecular weight excluding hydrogens is 468 g/mol. The van der Waals surface area contributed by atoms with Gasteiger partial charge in [-0.3, -0.25) is 4.79 Å². The summed E-state index contributed by atoms with van der Waals surface area (Å²) in [5.41, 5.74) is 1.39. The van der Waals surface area contributed by atoms with Gasteiger partial charge in [-0.2, -0.15) is 0 Å². The lowest BCUT2D eigenvalue weighted by Crippen LogP contribution is -2.54. The van der Waals surface area contributed by atoms with Gasteiger partial charge >= 0.3 is 11.9 Å². The predicted octanol–water partition coefficient (Wildman–Crippen LogP) is 6.22. The number of carboxylic acids is 2.